The van der Waals surface area contributed by atoms with E-state index in [1.54, 1.807) is 0 Å². The van der Waals surface area contributed by atoms with Crippen LogP contribution in [0.15, 0.2) is 22.7 Å². The first kappa shape index (κ1) is 16.0. The highest BCUT2D eigenvalue weighted by Gasteiger charge is 2.25. The van der Waals surface area contributed by atoms with E-state index in [4.69, 9.17) is 10.3 Å². The van der Waals surface area contributed by atoms with Gasteiger partial charge in [0.05, 0.1) is 13.1 Å². The Morgan fingerprint density at radius 2 is 2.00 bits per heavy atom. The molecule has 0 aliphatic heterocycles. The van der Waals surface area contributed by atoms with Crippen LogP contribution in [0.1, 0.15) is 43.0 Å². The molecule has 2 aromatic rings. The molecule has 0 saturated heterocycles. The topological polar surface area (TPSA) is 68.2 Å². The van der Waals surface area contributed by atoms with Crippen molar-refractivity contribution >= 4 is 0 Å². The van der Waals surface area contributed by atoms with E-state index in [0.29, 0.717) is 36.4 Å². The van der Waals surface area contributed by atoms with Crippen molar-refractivity contribution in [3.05, 3.63) is 47.1 Å². The predicted octanol–water partition coefficient (Wildman–Crippen LogP) is 2.75. The first-order valence-corrected chi connectivity index (χ1v) is 7.85. The van der Waals surface area contributed by atoms with Gasteiger partial charge in [-0.3, -0.25) is 4.90 Å². The van der Waals surface area contributed by atoms with Gasteiger partial charge in [-0.15, -0.1) is 0 Å². The van der Waals surface area contributed by atoms with E-state index in [9.17, 15) is 8.78 Å². The van der Waals surface area contributed by atoms with Gasteiger partial charge in [0.15, 0.2) is 5.82 Å². The van der Waals surface area contributed by atoms with Crippen molar-refractivity contribution in [2.75, 3.05) is 0 Å². The Kier molecular flexibility index (Phi) is 4.97. The van der Waals surface area contributed by atoms with Gasteiger partial charge in [0, 0.05) is 18.2 Å². The lowest BCUT2D eigenvalue weighted by Gasteiger charge is -2.27. The van der Waals surface area contributed by atoms with E-state index in [1.165, 1.54) is 12.1 Å². The summed E-state index contributed by atoms with van der Waals surface area (Å²) in [5, 5.41) is 3.90. The Morgan fingerprint density at radius 3 is 2.70 bits per heavy atom. The normalized spacial score (nSPS) is 15.7. The van der Waals surface area contributed by atoms with E-state index in [0.717, 1.165) is 31.7 Å². The molecule has 1 aromatic heterocycles. The number of hydrogen-bond donors (Lipinski definition) is 1. The summed E-state index contributed by atoms with van der Waals surface area (Å²) in [5.74, 6) is 0.0698. The Balaban J connectivity index is 1.78. The second-order valence-electron chi connectivity index (χ2n) is 5.89. The molecular weight excluding hydrogens is 302 g/mol. The molecule has 0 spiro atoms. The van der Waals surface area contributed by atoms with E-state index in [2.05, 4.69) is 15.0 Å². The van der Waals surface area contributed by atoms with E-state index in [-0.39, 0.29) is 6.54 Å². The lowest BCUT2D eigenvalue weighted by atomic mass is 10.1. The summed E-state index contributed by atoms with van der Waals surface area (Å²) in [6.45, 7) is 0.944. The molecule has 1 fully saturated rings. The summed E-state index contributed by atoms with van der Waals surface area (Å²) in [5.41, 5.74) is 5.82. The number of aromatic nitrogens is 2. The third-order valence-electron chi connectivity index (χ3n) is 4.25. The van der Waals surface area contributed by atoms with Gasteiger partial charge in [-0.05, 0) is 31.0 Å². The van der Waals surface area contributed by atoms with Crippen LogP contribution in [0.25, 0.3) is 0 Å². The van der Waals surface area contributed by atoms with Crippen LogP contribution >= 0.6 is 0 Å². The zero-order valence-corrected chi connectivity index (χ0v) is 12.8. The monoisotopic (exact) mass is 322 g/mol. The molecule has 0 atom stereocenters. The molecule has 0 radical (unpaired) electrons. The molecule has 1 heterocycles. The van der Waals surface area contributed by atoms with Gasteiger partial charge in [-0.25, -0.2) is 8.78 Å². The molecule has 0 unspecified atom stereocenters. The van der Waals surface area contributed by atoms with Gasteiger partial charge in [0.25, 0.3) is 0 Å². The summed E-state index contributed by atoms with van der Waals surface area (Å²) in [6, 6.07) is 3.86. The van der Waals surface area contributed by atoms with Crippen LogP contribution in [0.4, 0.5) is 8.78 Å². The molecule has 7 heteroatoms. The van der Waals surface area contributed by atoms with Crippen molar-refractivity contribution in [3.63, 3.8) is 0 Å². The fourth-order valence-corrected chi connectivity index (χ4v) is 3.09. The Labute approximate surface area is 133 Å². The summed E-state index contributed by atoms with van der Waals surface area (Å²) in [7, 11) is 0. The SMILES string of the molecule is NCc1nc(CN(Cc2cc(F)ccc2F)C2CCCC2)no1. The predicted molar refractivity (Wildman–Crippen MR) is 80.1 cm³/mol. The number of nitrogens with two attached hydrogens (primary N) is 1. The lowest BCUT2D eigenvalue weighted by molar-refractivity contribution is 0.171. The van der Waals surface area contributed by atoms with Gasteiger partial charge in [-0.1, -0.05) is 18.0 Å². The molecule has 3 rings (SSSR count). The average molecular weight is 322 g/mol. The number of hydrogen-bond acceptors (Lipinski definition) is 5. The molecule has 23 heavy (non-hydrogen) atoms. The van der Waals surface area contributed by atoms with Gasteiger partial charge in [0.1, 0.15) is 11.6 Å². The van der Waals surface area contributed by atoms with Crippen LogP contribution in [-0.4, -0.2) is 21.1 Å². The molecule has 0 amide bonds. The second-order valence-corrected chi connectivity index (χ2v) is 5.89. The van der Waals surface area contributed by atoms with Crippen LogP contribution in [0.2, 0.25) is 0 Å². The van der Waals surface area contributed by atoms with Crippen LogP contribution in [0.5, 0.6) is 0 Å². The molecule has 5 nitrogen and oxygen atoms in total. The lowest BCUT2D eigenvalue weighted by Crippen LogP contribution is -2.33. The van der Waals surface area contributed by atoms with Crippen LogP contribution < -0.4 is 5.73 Å². The fraction of sp³-hybridized carbons (Fsp3) is 0.500. The fourth-order valence-electron chi connectivity index (χ4n) is 3.09. The van der Waals surface area contributed by atoms with Crippen LogP contribution in [0.3, 0.4) is 0 Å². The highest BCUT2D eigenvalue weighted by atomic mass is 19.1. The smallest absolute Gasteiger partial charge is 0.240 e. The molecule has 0 bridgehead atoms. The van der Waals surface area contributed by atoms with Crippen molar-refractivity contribution in [1.29, 1.82) is 0 Å². The van der Waals surface area contributed by atoms with Crippen LogP contribution in [-0.2, 0) is 19.6 Å². The van der Waals surface area contributed by atoms with Crippen molar-refractivity contribution < 1.29 is 13.3 Å². The summed E-state index contributed by atoms with van der Waals surface area (Å²) in [6.07, 6.45) is 4.37. The van der Waals surface area contributed by atoms with Gasteiger partial charge < -0.3 is 10.3 Å². The standard InChI is InChI=1S/C16H20F2N4O/c17-12-5-6-14(18)11(7-12)9-22(13-3-1-2-4-13)10-15-20-16(8-19)23-21-15/h5-7,13H,1-4,8-10,19H2. The third-order valence-corrected chi connectivity index (χ3v) is 4.25. The maximum absolute atomic E-state index is 14.0. The molecule has 1 saturated carbocycles. The minimum atomic E-state index is -0.433. The molecule has 1 aliphatic rings. The molecule has 2 N–H and O–H groups in total. The Hall–Kier alpha value is -1.86. The summed E-state index contributed by atoms with van der Waals surface area (Å²) >= 11 is 0. The zero-order chi connectivity index (χ0) is 16.2. The van der Waals surface area contributed by atoms with Crippen molar-refractivity contribution in [1.82, 2.24) is 15.0 Å². The van der Waals surface area contributed by atoms with E-state index in [1.807, 2.05) is 0 Å². The minimum Gasteiger partial charge on any atom is -0.338 e. The first-order valence-electron chi connectivity index (χ1n) is 7.85. The zero-order valence-electron chi connectivity index (χ0n) is 12.8. The Bertz CT molecular complexity index is 655. The van der Waals surface area contributed by atoms with Crippen molar-refractivity contribution in [2.24, 2.45) is 5.73 Å². The van der Waals surface area contributed by atoms with Crippen LogP contribution in [0, 0.1) is 11.6 Å². The summed E-state index contributed by atoms with van der Waals surface area (Å²) < 4.78 is 32.4. The maximum Gasteiger partial charge on any atom is 0.240 e. The summed E-state index contributed by atoms with van der Waals surface area (Å²) in [4.78, 5) is 6.30. The minimum absolute atomic E-state index is 0.189. The number of rotatable bonds is 6. The number of nitrogens with zero attached hydrogens (tertiary/aromatic N) is 3. The molecule has 1 aliphatic carbocycles. The molecular formula is C16H20F2N4O. The first-order chi connectivity index (χ1) is 11.2. The van der Waals surface area contributed by atoms with Gasteiger partial charge in [0.2, 0.25) is 5.89 Å². The quantitative estimate of drug-likeness (QED) is 0.885. The molecule has 124 valence electrons. The second kappa shape index (κ2) is 7.14. The van der Waals surface area contributed by atoms with E-state index >= 15 is 0 Å². The van der Waals surface area contributed by atoms with Gasteiger partial charge in [-0.2, -0.15) is 4.98 Å². The Morgan fingerprint density at radius 1 is 1.22 bits per heavy atom. The van der Waals surface area contributed by atoms with Crippen molar-refractivity contribution in [2.45, 2.75) is 51.4 Å². The van der Waals surface area contributed by atoms with E-state index < -0.39 is 11.6 Å². The largest absolute Gasteiger partial charge is 0.338 e. The third kappa shape index (κ3) is 3.92. The highest BCUT2D eigenvalue weighted by molar-refractivity contribution is 5.18. The molecule has 1 aromatic carbocycles. The maximum atomic E-state index is 14.0. The highest BCUT2D eigenvalue weighted by Crippen LogP contribution is 2.27. The average Bonchev–Trinajstić information content (AvgIpc) is 3.21. The van der Waals surface area contributed by atoms with Crippen molar-refractivity contribution in [3.8, 4) is 0 Å². The number of benzene rings is 1. The number of halogens is 2. The van der Waals surface area contributed by atoms with Gasteiger partial charge >= 0.3 is 0 Å².